The van der Waals surface area contributed by atoms with Gasteiger partial charge in [0.2, 0.25) is 0 Å². The zero-order valence-corrected chi connectivity index (χ0v) is 14.2. The molecule has 1 rings (SSSR count). The van der Waals surface area contributed by atoms with Gasteiger partial charge in [0.05, 0.1) is 18.9 Å². The maximum Gasteiger partial charge on any atom is 0.410 e. The van der Waals surface area contributed by atoms with Crippen LogP contribution in [-0.2, 0) is 24.1 Å². The number of sulfone groups is 1. The highest BCUT2D eigenvalue weighted by molar-refractivity contribution is 7.93. The first kappa shape index (κ1) is 18.7. The lowest BCUT2D eigenvalue weighted by Gasteiger charge is -2.39. The summed E-state index contributed by atoms with van der Waals surface area (Å²) >= 11 is 0. The summed E-state index contributed by atoms with van der Waals surface area (Å²) in [6.45, 7) is 6.67. The second-order valence-electron chi connectivity index (χ2n) is 6.19. The van der Waals surface area contributed by atoms with Crippen LogP contribution in [0.2, 0.25) is 0 Å². The molecule has 1 aliphatic rings. The van der Waals surface area contributed by atoms with E-state index < -0.39 is 50.8 Å². The van der Waals surface area contributed by atoms with Gasteiger partial charge in [0, 0.05) is 6.04 Å². The largest absolute Gasteiger partial charge is 0.463 e. The molecule has 1 unspecified atom stereocenters. The van der Waals surface area contributed by atoms with Crippen LogP contribution >= 0.6 is 0 Å². The number of amides is 1. The lowest BCUT2D eigenvalue weighted by atomic mass is 10.2. The number of rotatable bonds is 2. The quantitative estimate of drug-likeness (QED) is 0.704. The monoisotopic (exact) mass is 339 g/mol. The van der Waals surface area contributed by atoms with E-state index in [0.29, 0.717) is 0 Å². The molecule has 0 N–H and O–H groups in total. The Hall–Kier alpha value is -1.38. The number of carbonyl (C=O) groups excluding carboxylic acids is 2. The molecule has 0 aliphatic carbocycles. The smallest absolute Gasteiger partial charge is 0.410 e. The molecule has 9 heteroatoms. The first-order valence-electron chi connectivity index (χ1n) is 6.92. The Morgan fingerprint density at radius 3 is 2.36 bits per heavy atom. The Morgan fingerprint density at radius 2 is 1.91 bits per heavy atom. The molecule has 0 radical (unpaired) electrons. The average molecular weight is 339 g/mol. The number of hydrogen-bond donors (Lipinski definition) is 0. The van der Waals surface area contributed by atoms with Gasteiger partial charge in [-0.05, 0) is 34.6 Å². The van der Waals surface area contributed by atoms with Gasteiger partial charge in [-0.2, -0.15) is 0 Å². The van der Waals surface area contributed by atoms with Gasteiger partial charge in [-0.1, -0.05) is 0 Å². The van der Waals surface area contributed by atoms with E-state index in [9.17, 15) is 22.4 Å². The number of halogens is 1. The van der Waals surface area contributed by atoms with Crippen LogP contribution in [0, 0.1) is 0 Å². The van der Waals surface area contributed by atoms with Crippen LogP contribution in [0.15, 0.2) is 0 Å². The molecule has 1 amide bonds. The maximum atomic E-state index is 14.8. The standard InChI is InChI=1S/C13H22FNO6S/c1-6-20-10(16)13(14)8-15(9(2)7-22(13,18)19)11(17)21-12(3,4)5/h9H,6-8H2,1-5H3/t9-,13?/m1/s1. The first-order valence-corrected chi connectivity index (χ1v) is 8.57. The molecule has 1 saturated heterocycles. The van der Waals surface area contributed by atoms with Crippen molar-refractivity contribution in [3.63, 3.8) is 0 Å². The Bertz CT molecular complexity index is 555. The van der Waals surface area contributed by atoms with Gasteiger partial charge in [0.1, 0.15) is 5.60 Å². The summed E-state index contributed by atoms with van der Waals surface area (Å²) < 4.78 is 48.5. The van der Waals surface area contributed by atoms with Crippen molar-refractivity contribution in [2.24, 2.45) is 0 Å². The minimum Gasteiger partial charge on any atom is -0.463 e. The molecular weight excluding hydrogens is 317 g/mol. The molecule has 22 heavy (non-hydrogen) atoms. The van der Waals surface area contributed by atoms with Gasteiger partial charge < -0.3 is 9.47 Å². The minimum absolute atomic E-state index is 0.165. The van der Waals surface area contributed by atoms with E-state index in [0.717, 1.165) is 4.90 Å². The number of esters is 1. The van der Waals surface area contributed by atoms with Crippen LogP contribution in [0.25, 0.3) is 0 Å². The van der Waals surface area contributed by atoms with Crippen LogP contribution in [0.3, 0.4) is 0 Å². The van der Waals surface area contributed by atoms with E-state index in [1.54, 1.807) is 20.8 Å². The Kier molecular flexibility index (Phi) is 5.11. The topological polar surface area (TPSA) is 90.0 Å². The lowest BCUT2D eigenvalue weighted by Crippen LogP contribution is -2.63. The van der Waals surface area contributed by atoms with E-state index >= 15 is 0 Å². The normalized spacial score (nSPS) is 28.1. The molecule has 0 aromatic heterocycles. The fourth-order valence-corrected chi connectivity index (χ4v) is 3.74. The summed E-state index contributed by atoms with van der Waals surface area (Å²) in [6.07, 6.45) is -0.874. The SMILES string of the molecule is CCOC(=O)C1(F)CN(C(=O)OC(C)(C)C)[C@H](C)CS1(=O)=O. The van der Waals surface area contributed by atoms with Gasteiger partial charge in [0.25, 0.3) is 0 Å². The number of nitrogens with zero attached hydrogens (tertiary/aromatic N) is 1. The minimum atomic E-state index is -4.39. The molecule has 0 bridgehead atoms. The van der Waals surface area contributed by atoms with Gasteiger partial charge in [-0.15, -0.1) is 0 Å². The van der Waals surface area contributed by atoms with E-state index in [1.165, 1.54) is 13.8 Å². The third kappa shape index (κ3) is 3.68. The predicted molar refractivity (Wildman–Crippen MR) is 76.7 cm³/mol. The fourth-order valence-electron chi connectivity index (χ4n) is 2.01. The van der Waals surface area contributed by atoms with Crippen molar-refractivity contribution in [3.05, 3.63) is 0 Å². The van der Waals surface area contributed by atoms with Crippen molar-refractivity contribution in [2.45, 2.75) is 51.3 Å². The van der Waals surface area contributed by atoms with Crippen molar-refractivity contribution in [1.82, 2.24) is 4.90 Å². The van der Waals surface area contributed by atoms with Crippen LogP contribution in [0.4, 0.5) is 9.18 Å². The molecule has 128 valence electrons. The Balaban J connectivity index is 3.10. The molecule has 1 aliphatic heterocycles. The summed E-state index contributed by atoms with van der Waals surface area (Å²) in [7, 11) is -4.39. The molecule has 1 heterocycles. The van der Waals surface area contributed by atoms with Crippen LogP contribution in [0.5, 0.6) is 0 Å². The number of hydrogen-bond acceptors (Lipinski definition) is 6. The summed E-state index contributed by atoms with van der Waals surface area (Å²) in [5.41, 5.74) is -0.823. The molecule has 0 spiro atoms. The number of alkyl halides is 1. The van der Waals surface area contributed by atoms with Crippen LogP contribution in [-0.4, -0.2) is 60.9 Å². The van der Waals surface area contributed by atoms with Crippen LogP contribution in [0.1, 0.15) is 34.6 Å². The summed E-state index contributed by atoms with van der Waals surface area (Å²) in [5.74, 6) is -2.18. The van der Waals surface area contributed by atoms with Gasteiger partial charge in [-0.25, -0.2) is 22.4 Å². The molecule has 0 aromatic rings. The molecule has 1 fully saturated rings. The van der Waals surface area contributed by atoms with Crippen molar-refractivity contribution < 1.29 is 31.9 Å². The van der Waals surface area contributed by atoms with Crippen LogP contribution < -0.4 is 0 Å². The lowest BCUT2D eigenvalue weighted by molar-refractivity contribution is -0.152. The van der Waals surface area contributed by atoms with E-state index in [-0.39, 0.29) is 6.61 Å². The maximum absolute atomic E-state index is 14.8. The summed E-state index contributed by atoms with van der Waals surface area (Å²) in [4.78, 5) is 24.7. The summed E-state index contributed by atoms with van der Waals surface area (Å²) in [6, 6.07) is -0.807. The third-order valence-corrected chi connectivity index (χ3v) is 5.27. The van der Waals surface area contributed by atoms with Crippen molar-refractivity contribution in [2.75, 3.05) is 18.9 Å². The second kappa shape index (κ2) is 6.02. The zero-order valence-electron chi connectivity index (χ0n) is 13.4. The number of ether oxygens (including phenoxy) is 2. The van der Waals surface area contributed by atoms with E-state index in [1.807, 2.05) is 0 Å². The van der Waals surface area contributed by atoms with Crippen molar-refractivity contribution in [3.8, 4) is 0 Å². The van der Waals surface area contributed by atoms with Crippen molar-refractivity contribution in [1.29, 1.82) is 0 Å². The Morgan fingerprint density at radius 1 is 1.36 bits per heavy atom. The van der Waals surface area contributed by atoms with E-state index in [4.69, 9.17) is 4.74 Å². The van der Waals surface area contributed by atoms with Gasteiger partial charge in [-0.3, -0.25) is 4.90 Å². The average Bonchev–Trinajstić information content (AvgIpc) is 2.31. The third-order valence-electron chi connectivity index (χ3n) is 3.07. The molecule has 0 aromatic carbocycles. The molecular formula is C13H22FNO6S. The van der Waals surface area contributed by atoms with Gasteiger partial charge in [0.15, 0.2) is 9.84 Å². The highest BCUT2D eigenvalue weighted by atomic mass is 32.2. The van der Waals surface area contributed by atoms with Gasteiger partial charge >= 0.3 is 17.1 Å². The van der Waals surface area contributed by atoms with E-state index in [2.05, 4.69) is 4.74 Å². The zero-order chi connectivity index (χ0) is 17.3. The molecule has 7 nitrogen and oxygen atoms in total. The predicted octanol–water partition coefficient (Wildman–Crippen LogP) is 1.27. The first-order chi connectivity index (χ1) is 9.84. The highest BCUT2D eigenvalue weighted by Gasteiger charge is 2.59. The summed E-state index contributed by atoms with van der Waals surface area (Å²) in [5, 5.41) is -3.27. The second-order valence-corrected chi connectivity index (χ2v) is 8.40. The Labute approximate surface area is 129 Å². The molecule has 0 saturated carbocycles. The van der Waals surface area contributed by atoms with Crippen molar-refractivity contribution >= 4 is 21.9 Å². The fraction of sp³-hybridized carbons (Fsp3) is 0.846. The molecule has 2 atom stereocenters. The highest BCUT2D eigenvalue weighted by Crippen LogP contribution is 2.31. The number of carbonyl (C=O) groups is 2.